The van der Waals surface area contributed by atoms with Crippen LogP contribution in [0.3, 0.4) is 0 Å². The smallest absolute Gasteiger partial charge is 0.408 e. The molecule has 1 aromatic rings. The molecule has 0 spiro atoms. The van der Waals surface area contributed by atoms with E-state index in [0.29, 0.717) is 23.9 Å². The normalized spacial score (nSPS) is 20.9. The van der Waals surface area contributed by atoms with E-state index in [1.165, 1.54) is 6.92 Å². The van der Waals surface area contributed by atoms with Crippen LogP contribution < -0.4 is 5.32 Å². The number of aryl methyl sites for hydroxylation is 1. The molecule has 6 nitrogen and oxygen atoms in total. The highest BCUT2D eigenvalue weighted by molar-refractivity contribution is 5.95. The summed E-state index contributed by atoms with van der Waals surface area (Å²) in [6, 6.07) is -0.0633. The van der Waals surface area contributed by atoms with Gasteiger partial charge in [0.2, 0.25) is 0 Å². The molecule has 0 radical (unpaired) electrons. The van der Waals surface area contributed by atoms with E-state index < -0.39 is 24.6 Å². The Morgan fingerprint density at radius 3 is 2.65 bits per heavy atom. The Hall–Kier alpha value is -2.06. The number of carboxylic acid groups (broad SMARTS) is 1. The van der Waals surface area contributed by atoms with Gasteiger partial charge >= 0.3 is 12.1 Å². The number of aromatic nitrogens is 2. The third-order valence-corrected chi connectivity index (χ3v) is 3.87. The van der Waals surface area contributed by atoms with Crippen LogP contribution in [0.15, 0.2) is 6.20 Å². The Morgan fingerprint density at radius 1 is 1.43 bits per heavy atom. The Balaban J connectivity index is 1.84. The number of alkyl halides is 3. The van der Waals surface area contributed by atoms with Gasteiger partial charge in [-0.1, -0.05) is 0 Å². The van der Waals surface area contributed by atoms with Gasteiger partial charge in [0.05, 0.1) is 11.3 Å². The number of carboxylic acids is 1. The van der Waals surface area contributed by atoms with Crippen molar-refractivity contribution in [3.8, 4) is 0 Å². The maximum Gasteiger partial charge on any atom is 0.408 e. The summed E-state index contributed by atoms with van der Waals surface area (Å²) < 4.78 is 37.7. The van der Waals surface area contributed by atoms with Gasteiger partial charge in [0, 0.05) is 18.7 Å². The number of hydrogen-bond donors (Lipinski definition) is 2. The van der Waals surface area contributed by atoms with Crippen LogP contribution in [0.1, 0.15) is 41.7 Å². The fraction of sp³-hybridized carbons (Fsp3) is 0.643. The van der Waals surface area contributed by atoms with Gasteiger partial charge in [0.25, 0.3) is 5.91 Å². The topological polar surface area (TPSA) is 84.2 Å². The van der Waals surface area contributed by atoms with Crippen molar-refractivity contribution in [1.82, 2.24) is 15.1 Å². The van der Waals surface area contributed by atoms with E-state index in [4.69, 9.17) is 5.11 Å². The number of aliphatic carboxylic acids is 1. The molecule has 0 unspecified atom stereocenters. The highest BCUT2D eigenvalue weighted by Crippen LogP contribution is 2.31. The Bertz CT molecular complexity index is 592. The fourth-order valence-corrected chi connectivity index (χ4v) is 2.69. The Kier molecular flexibility index (Phi) is 4.96. The first kappa shape index (κ1) is 17.3. The van der Waals surface area contributed by atoms with Gasteiger partial charge in [0.1, 0.15) is 6.54 Å². The average molecular weight is 333 g/mol. The van der Waals surface area contributed by atoms with Gasteiger partial charge < -0.3 is 10.4 Å². The highest BCUT2D eigenvalue weighted by atomic mass is 19.4. The van der Waals surface area contributed by atoms with Gasteiger partial charge in [-0.25, -0.2) is 0 Å². The lowest BCUT2D eigenvalue weighted by atomic mass is 9.77. The molecule has 0 atom stereocenters. The van der Waals surface area contributed by atoms with Crippen molar-refractivity contribution in [1.29, 1.82) is 0 Å². The molecule has 2 rings (SSSR count). The molecule has 1 amide bonds. The zero-order valence-corrected chi connectivity index (χ0v) is 12.6. The Labute approximate surface area is 130 Å². The van der Waals surface area contributed by atoms with Crippen LogP contribution in [0.2, 0.25) is 0 Å². The molecule has 1 fully saturated rings. The second-order valence-electron chi connectivity index (χ2n) is 5.88. The summed E-state index contributed by atoms with van der Waals surface area (Å²) in [5.74, 6) is -1.02. The largest absolute Gasteiger partial charge is 0.481 e. The van der Waals surface area contributed by atoms with E-state index in [1.54, 1.807) is 0 Å². The first-order valence-corrected chi connectivity index (χ1v) is 7.27. The molecule has 2 N–H and O–H groups in total. The second-order valence-corrected chi connectivity index (χ2v) is 5.88. The van der Waals surface area contributed by atoms with Crippen LogP contribution >= 0.6 is 0 Å². The van der Waals surface area contributed by atoms with Crippen molar-refractivity contribution in [2.75, 3.05) is 0 Å². The molecule has 1 saturated carbocycles. The maximum atomic E-state index is 12.3. The summed E-state index contributed by atoms with van der Waals surface area (Å²) in [5, 5.41) is 15.0. The van der Waals surface area contributed by atoms with Gasteiger partial charge in [-0.15, -0.1) is 0 Å². The minimum absolute atomic E-state index is 0.0633. The highest BCUT2D eigenvalue weighted by Gasteiger charge is 2.32. The molecule has 1 aliphatic carbocycles. The monoisotopic (exact) mass is 333 g/mol. The van der Waals surface area contributed by atoms with Crippen molar-refractivity contribution in [3.63, 3.8) is 0 Å². The summed E-state index contributed by atoms with van der Waals surface area (Å²) in [7, 11) is 0. The molecule has 0 aromatic carbocycles. The minimum Gasteiger partial charge on any atom is -0.481 e. The summed E-state index contributed by atoms with van der Waals surface area (Å²) in [6.07, 6.45) is -1.24. The summed E-state index contributed by atoms with van der Waals surface area (Å²) in [5.41, 5.74) is 0.372. The van der Waals surface area contributed by atoms with Gasteiger partial charge in [-0.05, 0) is 32.1 Å². The number of carbonyl (C=O) groups excluding carboxylic acids is 1. The predicted molar refractivity (Wildman–Crippen MR) is 73.9 cm³/mol. The molecule has 1 heterocycles. The van der Waals surface area contributed by atoms with E-state index in [9.17, 15) is 22.8 Å². The SMILES string of the molecule is Cc1nn(CC(F)(F)F)cc1C(=O)NC1CC(CCC(=O)O)C1. The molecule has 1 aromatic heterocycles. The fourth-order valence-electron chi connectivity index (χ4n) is 2.69. The van der Waals surface area contributed by atoms with Crippen LogP contribution in [-0.2, 0) is 11.3 Å². The summed E-state index contributed by atoms with van der Waals surface area (Å²) in [6.45, 7) is 0.250. The molecule has 23 heavy (non-hydrogen) atoms. The second kappa shape index (κ2) is 6.59. The van der Waals surface area contributed by atoms with Crippen LogP contribution in [0.5, 0.6) is 0 Å². The molecule has 128 valence electrons. The van der Waals surface area contributed by atoms with Crippen molar-refractivity contribution in [3.05, 3.63) is 17.5 Å². The number of hydrogen-bond acceptors (Lipinski definition) is 3. The molecule has 0 saturated heterocycles. The average Bonchev–Trinajstić information content (AvgIpc) is 2.69. The van der Waals surface area contributed by atoms with Crippen LogP contribution in [0, 0.1) is 12.8 Å². The molecule has 0 aliphatic heterocycles. The summed E-state index contributed by atoms with van der Waals surface area (Å²) >= 11 is 0. The van der Waals surface area contributed by atoms with Gasteiger partial charge in [0.15, 0.2) is 0 Å². The van der Waals surface area contributed by atoms with Crippen molar-refractivity contribution < 1.29 is 27.9 Å². The van der Waals surface area contributed by atoms with E-state index in [2.05, 4.69) is 10.4 Å². The van der Waals surface area contributed by atoms with Gasteiger partial charge in [-0.3, -0.25) is 14.3 Å². The molecule has 0 bridgehead atoms. The molecular formula is C14H18F3N3O3. The molecule has 9 heteroatoms. The van der Waals surface area contributed by atoms with E-state index in [0.717, 1.165) is 6.20 Å². The lowest BCUT2D eigenvalue weighted by Crippen LogP contribution is -2.44. The molecule has 1 aliphatic rings. The van der Waals surface area contributed by atoms with Gasteiger partial charge in [-0.2, -0.15) is 18.3 Å². The zero-order valence-electron chi connectivity index (χ0n) is 12.6. The summed E-state index contributed by atoms with van der Waals surface area (Å²) in [4.78, 5) is 22.5. The van der Waals surface area contributed by atoms with Crippen LogP contribution in [0.4, 0.5) is 13.2 Å². The van der Waals surface area contributed by atoms with E-state index in [-0.39, 0.29) is 29.6 Å². The third kappa shape index (κ3) is 4.97. The lowest BCUT2D eigenvalue weighted by Gasteiger charge is -2.35. The number of halogens is 3. The number of rotatable bonds is 6. The third-order valence-electron chi connectivity index (χ3n) is 3.87. The quantitative estimate of drug-likeness (QED) is 0.835. The van der Waals surface area contributed by atoms with Crippen LogP contribution in [0.25, 0.3) is 0 Å². The lowest BCUT2D eigenvalue weighted by molar-refractivity contribution is -0.142. The number of nitrogens with one attached hydrogen (secondary N) is 1. The molecular weight excluding hydrogens is 315 g/mol. The standard InChI is InChI=1S/C14H18F3N3O3/c1-8-11(6-20(19-8)7-14(15,16)17)13(23)18-10-4-9(5-10)2-3-12(21)22/h6,9-10H,2-5,7H2,1H3,(H,18,23)(H,21,22). The number of amides is 1. The zero-order chi connectivity index (χ0) is 17.2. The number of nitrogens with zero attached hydrogens (tertiary/aromatic N) is 2. The van der Waals surface area contributed by atoms with Crippen molar-refractivity contribution in [2.24, 2.45) is 5.92 Å². The first-order valence-electron chi connectivity index (χ1n) is 7.27. The van der Waals surface area contributed by atoms with Crippen molar-refractivity contribution >= 4 is 11.9 Å². The minimum atomic E-state index is -4.39. The van der Waals surface area contributed by atoms with E-state index >= 15 is 0 Å². The van der Waals surface area contributed by atoms with E-state index in [1.807, 2.05) is 0 Å². The number of carbonyl (C=O) groups is 2. The predicted octanol–water partition coefficient (Wildman–Crippen LogP) is 2.13. The van der Waals surface area contributed by atoms with Crippen LogP contribution in [-0.4, -0.2) is 39.0 Å². The Morgan fingerprint density at radius 2 is 2.09 bits per heavy atom. The maximum absolute atomic E-state index is 12.3. The first-order chi connectivity index (χ1) is 10.6. The van der Waals surface area contributed by atoms with Crippen molar-refractivity contribution in [2.45, 2.75) is 51.4 Å².